The van der Waals surface area contributed by atoms with Gasteiger partial charge in [0.2, 0.25) is 0 Å². The first-order chi connectivity index (χ1) is 10.8. The molecule has 2 atom stereocenters. The SMILES string of the molecule is C=CC(=O)OC(COC(=O)c1ccccc1C(=O)O)CC(C)O. The van der Waals surface area contributed by atoms with Crippen LogP contribution in [0, 0.1) is 0 Å². The van der Waals surface area contributed by atoms with E-state index < -0.39 is 30.1 Å². The molecule has 1 aromatic rings. The molecular formula is C16H18O7. The van der Waals surface area contributed by atoms with Gasteiger partial charge in [0, 0.05) is 12.5 Å². The molecule has 0 saturated heterocycles. The molecule has 1 rings (SSSR count). The molecule has 0 bridgehead atoms. The summed E-state index contributed by atoms with van der Waals surface area (Å²) in [7, 11) is 0. The van der Waals surface area contributed by atoms with Crippen LogP contribution >= 0.6 is 0 Å². The Morgan fingerprint density at radius 3 is 2.39 bits per heavy atom. The predicted molar refractivity (Wildman–Crippen MR) is 80.1 cm³/mol. The second-order valence-corrected chi connectivity index (χ2v) is 4.80. The van der Waals surface area contributed by atoms with Crippen LogP contribution in [0.3, 0.4) is 0 Å². The average molecular weight is 322 g/mol. The zero-order chi connectivity index (χ0) is 17.4. The summed E-state index contributed by atoms with van der Waals surface area (Å²) in [4.78, 5) is 34.3. The number of benzene rings is 1. The third-order valence-electron chi connectivity index (χ3n) is 2.83. The first-order valence-electron chi connectivity index (χ1n) is 6.85. The number of ether oxygens (including phenoxy) is 2. The van der Waals surface area contributed by atoms with Gasteiger partial charge in [-0.3, -0.25) is 0 Å². The van der Waals surface area contributed by atoms with E-state index in [0.29, 0.717) is 0 Å². The highest BCUT2D eigenvalue weighted by atomic mass is 16.6. The summed E-state index contributed by atoms with van der Waals surface area (Å²) in [6.07, 6.45) is -0.617. The van der Waals surface area contributed by atoms with Crippen molar-refractivity contribution in [1.82, 2.24) is 0 Å². The molecular weight excluding hydrogens is 304 g/mol. The van der Waals surface area contributed by atoms with Crippen LogP contribution in [0.15, 0.2) is 36.9 Å². The Morgan fingerprint density at radius 2 is 1.87 bits per heavy atom. The maximum atomic E-state index is 12.0. The van der Waals surface area contributed by atoms with Crippen molar-refractivity contribution in [2.45, 2.75) is 25.6 Å². The van der Waals surface area contributed by atoms with Gasteiger partial charge in [-0.1, -0.05) is 18.7 Å². The largest absolute Gasteiger partial charge is 0.478 e. The van der Waals surface area contributed by atoms with E-state index in [9.17, 15) is 19.5 Å². The maximum absolute atomic E-state index is 12.0. The minimum Gasteiger partial charge on any atom is -0.478 e. The van der Waals surface area contributed by atoms with Crippen molar-refractivity contribution in [3.05, 3.63) is 48.0 Å². The fourth-order valence-electron chi connectivity index (χ4n) is 1.84. The van der Waals surface area contributed by atoms with Gasteiger partial charge >= 0.3 is 17.9 Å². The summed E-state index contributed by atoms with van der Waals surface area (Å²) in [6, 6.07) is 5.60. The minimum atomic E-state index is -1.25. The number of carbonyl (C=O) groups excluding carboxylic acids is 2. The lowest BCUT2D eigenvalue weighted by molar-refractivity contribution is -0.146. The van der Waals surface area contributed by atoms with Gasteiger partial charge in [0.1, 0.15) is 12.7 Å². The number of aliphatic hydroxyl groups excluding tert-OH is 1. The van der Waals surface area contributed by atoms with Crippen molar-refractivity contribution in [3.63, 3.8) is 0 Å². The van der Waals surface area contributed by atoms with E-state index in [1.807, 2.05) is 0 Å². The van der Waals surface area contributed by atoms with Gasteiger partial charge in [0.15, 0.2) is 0 Å². The molecule has 1 aromatic carbocycles. The second-order valence-electron chi connectivity index (χ2n) is 4.80. The molecule has 2 unspecified atom stereocenters. The van der Waals surface area contributed by atoms with E-state index in [0.717, 1.165) is 6.08 Å². The normalized spacial score (nSPS) is 12.8. The summed E-state index contributed by atoms with van der Waals surface area (Å²) < 4.78 is 9.97. The Morgan fingerprint density at radius 1 is 1.26 bits per heavy atom. The summed E-state index contributed by atoms with van der Waals surface area (Å²) >= 11 is 0. The summed E-state index contributed by atoms with van der Waals surface area (Å²) in [5.74, 6) is -2.82. The number of hydrogen-bond donors (Lipinski definition) is 2. The number of aliphatic hydroxyl groups is 1. The van der Waals surface area contributed by atoms with E-state index in [1.165, 1.54) is 31.2 Å². The molecule has 7 nitrogen and oxygen atoms in total. The van der Waals surface area contributed by atoms with Crippen molar-refractivity contribution in [2.75, 3.05) is 6.61 Å². The topological polar surface area (TPSA) is 110 Å². The standard InChI is InChI=1S/C16H18O7/c1-3-14(18)23-11(8-10(2)17)9-22-16(21)13-7-5-4-6-12(13)15(19)20/h3-7,10-11,17H,1,8-9H2,2H3,(H,19,20). The highest BCUT2D eigenvalue weighted by Crippen LogP contribution is 2.12. The van der Waals surface area contributed by atoms with Crippen molar-refractivity contribution in [2.24, 2.45) is 0 Å². The van der Waals surface area contributed by atoms with E-state index in [-0.39, 0.29) is 24.2 Å². The predicted octanol–water partition coefficient (Wildman–Crippen LogP) is 1.41. The lowest BCUT2D eigenvalue weighted by atomic mass is 10.1. The van der Waals surface area contributed by atoms with Crippen molar-refractivity contribution < 1.29 is 34.1 Å². The van der Waals surface area contributed by atoms with Crippen LogP contribution in [0.25, 0.3) is 0 Å². The van der Waals surface area contributed by atoms with Crippen molar-refractivity contribution in [1.29, 1.82) is 0 Å². The molecule has 0 amide bonds. The number of carbonyl (C=O) groups is 3. The minimum absolute atomic E-state index is 0.0629. The summed E-state index contributed by atoms with van der Waals surface area (Å²) in [6.45, 7) is 4.44. The van der Waals surface area contributed by atoms with E-state index in [1.54, 1.807) is 0 Å². The second kappa shape index (κ2) is 8.70. The van der Waals surface area contributed by atoms with Gasteiger partial charge < -0.3 is 19.7 Å². The van der Waals surface area contributed by atoms with Crippen LogP contribution in [0.1, 0.15) is 34.1 Å². The summed E-state index contributed by atoms with van der Waals surface area (Å²) in [5, 5.41) is 18.4. The highest BCUT2D eigenvalue weighted by molar-refractivity contribution is 6.02. The quantitative estimate of drug-likeness (QED) is 0.550. The molecule has 0 spiro atoms. The van der Waals surface area contributed by atoms with Gasteiger partial charge in [-0.05, 0) is 19.1 Å². The Labute approximate surface area is 133 Å². The van der Waals surface area contributed by atoms with Gasteiger partial charge in [-0.2, -0.15) is 0 Å². The lowest BCUT2D eigenvalue weighted by Crippen LogP contribution is -2.28. The van der Waals surface area contributed by atoms with E-state index in [2.05, 4.69) is 6.58 Å². The number of rotatable bonds is 8. The Kier molecular flexibility index (Phi) is 6.95. The first-order valence-corrected chi connectivity index (χ1v) is 6.85. The van der Waals surface area contributed by atoms with Crippen LogP contribution in [0.4, 0.5) is 0 Å². The molecule has 23 heavy (non-hydrogen) atoms. The monoisotopic (exact) mass is 322 g/mol. The van der Waals surface area contributed by atoms with Crippen molar-refractivity contribution in [3.8, 4) is 0 Å². The molecule has 2 N–H and O–H groups in total. The molecule has 0 heterocycles. The number of aromatic carboxylic acids is 1. The lowest BCUT2D eigenvalue weighted by Gasteiger charge is -2.18. The highest BCUT2D eigenvalue weighted by Gasteiger charge is 2.21. The Hall–Kier alpha value is -2.67. The fourth-order valence-corrected chi connectivity index (χ4v) is 1.84. The average Bonchev–Trinajstić information content (AvgIpc) is 2.51. The number of esters is 2. The van der Waals surface area contributed by atoms with Gasteiger partial charge in [-0.25, -0.2) is 14.4 Å². The molecule has 0 aliphatic heterocycles. The molecule has 0 aliphatic rings. The van der Waals surface area contributed by atoms with Crippen LogP contribution in [-0.4, -0.2) is 46.9 Å². The van der Waals surface area contributed by atoms with Crippen LogP contribution < -0.4 is 0 Å². The summed E-state index contributed by atoms with van der Waals surface area (Å²) in [5.41, 5.74) is -0.293. The van der Waals surface area contributed by atoms with Crippen molar-refractivity contribution >= 4 is 17.9 Å². The molecule has 7 heteroatoms. The molecule has 0 saturated carbocycles. The van der Waals surface area contributed by atoms with E-state index in [4.69, 9.17) is 14.6 Å². The van der Waals surface area contributed by atoms with Gasteiger partial charge in [0.25, 0.3) is 0 Å². The zero-order valence-electron chi connectivity index (χ0n) is 12.6. The van der Waals surface area contributed by atoms with Gasteiger partial charge in [0.05, 0.1) is 17.2 Å². The number of carboxylic acid groups (broad SMARTS) is 1. The number of carboxylic acids is 1. The fraction of sp³-hybridized carbons (Fsp3) is 0.312. The van der Waals surface area contributed by atoms with Gasteiger partial charge in [-0.15, -0.1) is 0 Å². The van der Waals surface area contributed by atoms with Crippen LogP contribution in [0.5, 0.6) is 0 Å². The first kappa shape index (κ1) is 18.4. The molecule has 0 radical (unpaired) electrons. The molecule has 124 valence electrons. The Bertz CT molecular complexity index is 592. The third kappa shape index (κ3) is 5.91. The van der Waals surface area contributed by atoms with Crippen LogP contribution in [-0.2, 0) is 14.3 Å². The zero-order valence-corrected chi connectivity index (χ0v) is 12.6. The molecule has 0 aliphatic carbocycles. The Balaban J connectivity index is 2.77. The maximum Gasteiger partial charge on any atom is 0.339 e. The van der Waals surface area contributed by atoms with Crippen LogP contribution in [0.2, 0.25) is 0 Å². The number of hydrogen-bond acceptors (Lipinski definition) is 6. The van der Waals surface area contributed by atoms with E-state index >= 15 is 0 Å². The molecule has 0 fully saturated rings. The molecule has 0 aromatic heterocycles. The third-order valence-corrected chi connectivity index (χ3v) is 2.83. The smallest absolute Gasteiger partial charge is 0.339 e.